The van der Waals surface area contributed by atoms with Gasteiger partial charge in [-0.1, -0.05) is 18.2 Å². The van der Waals surface area contributed by atoms with Gasteiger partial charge >= 0.3 is 12.1 Å². The maximum absolute atomic E-state index is 13.0. The van der Waals surface area contributed by atoms with Crippen LogP contribution in [0.4, 0.5) is 13.2 Å². The van der Waals surface area contributed by atoms with Crippen LogP contribution in [0.15, 0.2) is 24.3 Å². The Balaban J connectivity index is 2.44. The van der Waals surface area contributed by atoms with Crippen LogP contribution in [0, 0.1) is 0 Å². The average molecular weight is 323 g/mol. The first kappa shape index (κ1) is 15.8. The van der Waals surface area contributed by atoms with Crippen molar-refractivity contribution >= 4 is 15.8 Å². The van der Waals surface area contributed by atoms with E-state index in [2.05, 4.69) is 5.32 Å². The molecule has 1 aliphatic heterocycles. The van der Waals surface area contributed by atoms with E-state index in [0.717, 1.165) is 12.1 Å². The monoisotopic (exact) mass is 323 g/mol. The summed E-state index contributed by atoms with van der Waals surface area (Å²) in [5.41, 5.74) is -1.23. The molecule has 1 aliphatic rings. The molecule has 0 radical (unpaired) electrons. The van der Waals surface area contributed by atoms with Crippen LogP contribution in [-0.4, -0.2) is 37.0 Å². The average Bonchev–Trinajstić information content (AvgIpc) is 2.35. The van der Waals surface area contributed by atoms with Gasteiger partial charge in [0.2, 0.25) is 0 Å². The Kier molecular flexibility index (Phi) is 3.98. The third-order valence-corrected chi connectivity index (χ3v) is 4.87. The molecule has 21 heavy (non-hydrogen) atoms. The first-order valence-electron chi connectivity index (χ1n) is 5.95. The van der Waals surface area contributed by atoms with E-state index in [9.17, 15) is 26.4 Å². The van der Waals surface area contributed by atoms with Gasteiger partial charge in [-0.2, -0.15) is 13.2 Å². The van der Waals surface area contributed by atoms with Crippen molar-refractivity contribution in [3.8, 4) is 0 Å². The molecular formula is C12H12F3NO4S. The van der Waals surface area contributed by atoms with Crippen molar-refractivity contribution in [3.05, 3.63) is 35.4 Å². The van der Waals surface area contributed by atoms with Crippen LogP contribution in [0.5, 0.6) is 0 Å². The van der Waals surface area contributed by atoms with Crippen LogP contribution in [-0.2, 0) is 20.8 Å². The molecule has 0 spiro atoms. The van der Waals surface area contributed by atoms with Gasteiger partial charge in [-0.15, -0.1) is 0 Å². The number of aliphatic carboxylic acids is 1. The van der Waals surface area contributed by atoms with E-state index in [1.807, 2.05) is 0 Å². The molecule has 1 aromatic rings. The zero-order chi connectivity index (χ0) is 15.8. The minimum absolute atomic E-state index is 0.264. The molecule has 1 aromatic carbocycles. The summed E-state index contributed by atoms with van der Waals surface area (Å²) in [6, 6.07) is 1.91. The normalized spacial score (nSPS) is 25.5. The Morgan fingerprint density at radius 2 is 1.86 bits per heavy atom. The zero-order valence-electron chi connectivity index (χ0n) is 10.6. The van der Waals surface area contributed by atoms with Gasteiger partial charge in [0.25, 0.3) is 0 Å². The fourth-order valence-electron chi connectivity index (χ4n) is 2.30. The van der Waals surface area contributed by atoms with Crippen molar-refractivity contribution in [2.24, 2.45) is 0 Å². The highest BCUT2D eigenvalue weighted by Crippen LogP contribution is 2.35. The third-order valence-electron chi connectivity index (χ3n) is 3.18. The highest BCUT2D eigenvalue weighted by Gasteiger charge is 2.40. The lowest BCUT2D eigenvalue weighted by molar-refractivity contribution is -0.139. The molecule has 1 saturated heterocycles. The second-order valence-electron chi connectivity index (χ2n) is 4.77. The van der Waals surface area contributed by atoms with E-state index in [0.29, 0.717) is 0 Å². The third kappa shape index (κ3) is 3.53. The van der Waals surface area contributed by atoms with Gasteiger partial charge in [0.15, 0.2) is 9.84 Å². The van der Waals surface area contributed by atoms with Crippen molar-refractivity contribution in [3.63, 3.8) is 0 Å². The summed E-state index contributed by atoms with van der Waals surface area (Å²) in [4.78, 5) is 11.0. The predicted molar refractivity (Wildman–Crippen MR) is 67.4 cm³/mol. The van der Waals surface area contributed by atoms with Crippen molar-refractivity contribution < 1.29 is 31.5 Å². The largest absolute Gasteiger partial charge is 0.480 e. The number of carboxylic acids is 1. The maximum atomic E-state index is 13.0. The Hall–Kier alpha value is -1.61. The predicted octanol–water partition coefficient (Wildman–Crippen LogP) is 1.22. The Labute approximate surface area is 118 Å². The summed E-state index contributed by atoms with van der Waals surface area (Å²) >= 11 is 0. The number of hydrogen-bond acceptors (Lipinski definition) is 4. The van der Waals surface area contributed by atoms with E-state index in [1.54, 1.807) is 0 Å². The van der Waals surface area contributed by atoms with Crippen molar-refractivity contribution in [1.82, 2.24) is 5.32 Å². The van der Waals surface area contributed by atoms with Crippen LogP contribution in [0.2, 0.25) is 0 Å². The minimum atomic E-state index is -4.64. The lowest BCUT2D eigenvalue weighted by Crippen LogP contribution is -2.51. The maximum Gasteiger partial charge on any atom is 0.416 e. The second kappa shape index (κ2) is 5.30. The number of nitrogens with one attached hydrogen (secondary N) is 1. The molecule has 1 heterocycles. The highest BCUT2D eigenvalue weighted by molar-refractivity contribution is 7.91. The number of hydrogen-bond donors (Lipinski definition) is 2. The Morgan fingerprint density at radius 1 is 1.24 bits per heavy atom. The lowest BCUT2D eigenvalue weighted by Gasteiger charge is -2.30. The molecule has 0 bridgehead atoms. The van der Waals surface area contributed by atoms with Gasteiger partial charge in [0, 0.05) is 6.04 Å². The number of carboxylic acid groups (broad SMARTS) is 1. The number of halogens is 3. The van der Waals surface area contributed by atoms with Gasteiger partial charge in [-0.05, 0) is 11.6 Å². The fraction of sp³-hybridized carbons (Fsp3) is 0.417. The molecule has 0 saturated carbocycles. The number of sulfone groups is 1. The molecule has 9 heteroatoms. The molecule has 2 unspecified atom stereocenters. The Morgan fingerprint density at radius 3 is 2.43 bits per heavy atom. The number of rotatable bonds is 2. The van der Waals surface area contributed by atoms with Crippen LogP contribution in [0.25, 0.3) is 0 Å². The standard InChI is InChI=1S/C12H12F3NO4S/c13-12(14,15)8-4-2-1-3-7(8)9-5-21(19,20)6-10(16-9)11(17)18/h1-4,9-10,16H,5-6H2,(H,17,18). The first-order valence-corrected chi connectivity index (χ1v) is 7.78. The van der Waals surface area contributed by atoms with E-state index in [-0.39, 0.29) is 5.56 Å². The molecule has 0 aromatic heterocycles. The van der Waals surface area contributed by atoms with E-state index < -0.39 is 51.1 Å². The van der Waals surface area contributed by atoms with Crippen molar-refractivity contribution in [1.29, 1.82) is 0 Å². The summed E-state index contributed by atoms with van der Waals surface area (Å²) in [5, 5.41) is 11.4. The molecule has 0 amide bonds. The number of alkyl halides is 3. The smallest absolute Gasteiger partial charge is 0.416 e. The summed E-state index contributed by atoms with van der Waals surface area (Å²) in [6.07, 6.45) is -4.64. The quantitative estimate of drug-likeness (QED) is 0.855. The minimum Gasteiger partial charge on any atom is -0.480 e. The van der Waals surface area contributed by atoms with E-state index >= 15 is 0 Å². The molecule has 2 rings (SSSR count). The van der Waals surface area contributed by atoms with Crippen LogP contribution in [0.3, 0.4) is 0 Å². The molecule has 2 N–H and O–H groups in total. The molecule has 116 valence electrons. The molecule has 0 aliphatic carbocycles. The van der Waals surface area contributed by atoms with Crippen LogP contribution >= 0.6 is 0 Å². The molecule has 1 fully saturated rings. The lowest BCUT2D eigenvalue weighted by atomic mass is 10.00. The summed E-state index contributed by atoms with van der Waals surface area (Å²) in [6.45, 7) is 0. The fourth-order valence-corrected chi connectivity index (χ4v) is 3.96. The van der Waals surface area contributed by atoms with Crippen LogP contribution in [0.1, 0.15) is 17.2 Å². The highest BCUT2D eigenvalue weighted by atomic mass is 32.2. The van der Waals surface area contributed by atoms with Gasteiger partial charge < -0.3 is 5.11 Å². The SMILES string of the molecule is O=C(O)C1CS(=O)(=O)CC(c2ccccc2C(F)(F)F)N1. The summed E-state index contributed by atoms with van der Waals surface area (Å²) < 4.78 is 62.3. The summed E-state index contributed by atoms with van der Waals surface area (Å²) in [7, 11) is -3.75. The number of benzene rings is 1. The molecule has 2 atom stereocenters. The van der Waals surface area contributed by atoms with E-state index in [1.165, 1.54) is 12.1 Å². The Bertz CT molecular complexity index is 657. The molecular weight excluding hydrogens is 311 g/mol. The van der Waals surface area contributed by atoms with Gasteiger partial charge in [-0.25, -0.2) is 8.42 Å². The second-order valence-corrected chi connectivity index (χ2v) is 6.93. The first-order chi connectivity index (χ1) is 9.60. The molecule has 5 nitrogen and oxygen atoms in total. The topological polar surface area (TPSA) is 83.5 Å². The van der Waals surface area contributed by atoms with Gasteiger partial charge in [0.05, 0.1) is 17.1 Å². The number of carbonyl (C=O) groups is 1. The zero-order valence-corrected chi connectivity index (χ0v) is 11.4. The summed E-state index contributed by atoms with van der Waals surface area (Å²) in [5.74, 6) is -2.61. The van der Waals surface area contributed by atoms with Crippen molar-refractivity contribution in [2.75, 3.05) is 11.5 Å². The van der Waals surface area contributed by atoms with Gasteiger partial charge in [-0.3, -0.25) is 10.1 Å². The van der Waals surface area contributed by atoms with Crippen LogP contribution < -0.4 is 5.32 Å². The van der Waals surface area contributed by atoms with Crippen molar-refractivity contribution in [2.45, 2.75) is 18.3 Å². The van der Waals surface area contributed by atoms with E-state index in [4.69, 9.17) is 5.11 Å². The van der Waals surface area contributed by atoms with Gasteiger partial charge in [0.1, 0.15) is 6.04 Å².